The molecule has 0 aliphatic carbocycles. The lowest BCUT2D eigenvalue weighted by molar-refractivity contribution is 0.902. The van der Waals surface area contributed by atoms with Crippen LogP contribution in [0, 0.1) is 13.8 Å². The highest BCUT2D eigenvalue weighted by Crippen LogP contribution is 2.21. The van der Waals surface area contributed by atoms with Gasteiger partial charge in [-0.3, -0.25) is 4.57 Å². The summed E-state index contributed by atoms with van der Waals surface area (Å²) < 4.78 is 1.89. The summed E-state index contributed by atoms with van der Waals surface area (Å²) in [5.41, 5.74) is 2.68. The first-order valence-electron chi connectivity index (χ1n) is 5.02. The lowest BCUT2D eigenvalue weighted by Crippen LogP contribution is -2.02. The quantitative estimate of drug-likeness (QED) is 0.812. The maximum Gasteiger partial charge on any atom is 0.224 e. The number of rotatable bonds is 2. The lowest BCUT2D eigenvalue weighted by Gasteiger charge is -2.05. The molecule has 0 atom stereocenters. The molecule has 2 aromatic heterocycles. The molecule has 0 radical (unpaired) electrons. The summed E-state index contributed by atoms with van der Waals surface area (Å²) in [6.45, 7) is 3.82. The van der Waals surface area contributed by atoms with Crippen LogP contribution in [0.3, 0.4) is 0 Å². The van der Waals surface area contributed by atoms with Gasteiger partial charge in [-0.2, -0.15) is 10.2 Å². The predicted molar refractivity (Wildman–Crippen MR) is 61.0 cm³/mol. The summed E-state index contributed by atoms with van der Waals surface area (Å²) >= 11 is 0. The highest BCUT2D eigenvalue weighted by Gasteiger charge is 2.12. The van der Waals surface area contributed by atoms with E-state index in [1.165, 1.54) is 0 Å². The molecule has 0 saturated heterocycles. The number of hydrogen-bond acceptors (Lipinski definition) is 5. The lowest BCUT2D eigenvalue weighted by atomic mass is 10.2. The third-order valence-corrected chi connectivity index (χ3v) is 2.44. The SMILES string of the molecule is CNc1nnc(-c2cc(C)nnc2C)n1C. The van der Waals surface area contributed by atoms with E-state index in [-0.39, 0.29) is 0 Å². The van der Waals surface area contributed by atoms with Crippen molar-refractivity contribution in [2.24, 2.45) is 7.05 Å². The van der Waals surface area contributed by atoms with Crippen LogP contribution in [-0.2, 0) is 7.05 Å². The van der Waals surface area contributed by atoms with Crippen molar-refractivity contribution in [2.45, 2.75) is 13.8 Å². The van der Waals surface area contributed by atoms with Crippen LogP contribution in [0.2, 0.25) is 0 Å². The fraction of sp³-hybridized carbons (Fsp3) is 0.400. The molecule has 0 saturated carbocycles. The second-order valence-corrected chi connectivity index (χ2v) is 3.64. The average molecular weight is 218 g/mol. The van der Waals surface area contributed by atoms with E-state index in [2.05, 4.69) is 25.7 Å². The largest absolute Gasteiger partial charge is 0.357 e. The molecule has 16 heavy (non-hydrogen) atoms. The fourth-order valence-electron chi connectivity index (χ4n) is 1.56. The van der Waals surface area contributed by atoms with Gasteiger partial charge in [0.15, 0.2) is 5.82 Å². The van der Waals surface area contributed by atoms with Gasteiger partial charge in [0.2, 0.25) is 5.95 Å². The Morgan fingerprint density at radius 2 is 1.88 bits per heavy atom. The summed E-state index contributed by atoms with van der Waals surface area (Å²) in [6, 6.07) is 1.96. The van der Waals surface area contributed by atoms with Gasteiger partial charge in [-0.15, -0.1) is 10.2 Å². The standard InChI is InChI=1S/C10H14N6/c1-6-5-8(7(2)13-12-6)9-14-15-10(11-3)16(9)4/h5H,1-4H3,(H,11,15). The summed E-state index contributed by atoms with van der Waals surface area (Å²) in [5, 5.41) is 19.2. The monoisotopic (exact) mass is 218 g/mol. The third-order valence-electron chi connectivity index (χ3n) is 2.44. The van der Waals surface area contributed by atoms with Crippen LogP contribution in [0.5, 0.6) is 0 Å². The fourth-order valence-corrected chi connectivity index (χ4v) is 1.56. The minimum absolute atomic E-state index is 0.726. The zero-order valence-corrected chi connectivity index (χ0v) is 9.81. The van der Waals surface area contributed by atoms with Gasteiger partial charge in [0.25, 0.3) is 0 Å². The highest BCUT2D eigenvalue weighted by atomic mass is 15.3. The van der Waals surface area contributed by atoms with Gasteiger partial charge in [-0.1, -0.05) is 0 Å². The minimum Gasteiger partial charge on any atom is -0.357 e. The van der Waals surface area contributed by atoms with Crippen LogP contribution < -0.4 is 5.32 Å². The predicted octanol–water partition coefficient (Wildman–Crippen LogP) is 0.931. The first-order chi connectivity index (χ1) is 7.63. The second-order valence-electron chi connectivity index (χ2n) is 3.64. The van der Waals surface area contributed by atoms with Gasteiger partial charge < -0.3 is 5.32 Å². The molecule has 2 rings (SSSR count). The molecule has 0 aliphatic heterocycles. The van der Waals surface area contributed by atoms with E-state index in [9.17, 15) is 0 Å². The molecular formula is C10H14N6. The van der Waals surface area contributed by atoms with E-state index < -0.39 is 0 Å². The van der Waals surface area contributed by atoms with E-state index in [0.29, 0.717) is 0 Å². The molecule has 2 heterocycles. The maximum absolute atomic E-state index is 4.14. The molecule has 84 valence electrons. The Bertz CT molecular complexity index is 516. The molecule has 0 aliphatic rings. The van der Waals surface area contributed by atoms with Crippen molar-refractivity contribution in [2.75, 3.05) is 12.4 Å². The Morgan fingerprint density at radius 1 is 1.12 bits per heavy atom. The Morgan fingerprint density at radius 3 is 2.50 bits per heavy atom. The number of aryl methyl sites for hydroxylation is 2. The third kappa shape index (κ3) is 1.62. The van der Waals surface area contributed by atoms with Gasteiger partial charge in [0, 0.05) is 19.7 Å². The molecule has 2 aromatic rings. The number of nitrogens with zero attached hydrogens (tertiary/aromatic N) is 5. The van der Waals surface area contributed by atoms with Crippen LogP contribution in [0.4, 0.5) is 5.95 Å². The Kier molecular flexibility index (Phi) is 2.55. The molecule has 0 unspecified atom stereocenters. The number of anilines is 1. The van der Waals surface area contributed by atoms with E-state index in [1.54, 1.807) is 0 Å². The van der Waals surface area contributed by atoms with Crippen LogP contribution in [0.15, 0.2) is 6.07 Å². The van der Waals surface area contributed by atoms with Gasteiger partial charge >= 0.3 is 0 Å². The summed E-state index contributed by atoms with van der Waals surface area (Å²) in [6.07, 6.45) is 0. The molecule has 6 heteroatoms. The summed E-state index contributed by atoms with van der Waals surface area (Å²) in [4.78, 5) is 0. The zero-order valence-electron chi connectivity index (χ0n) is 9.81. The van der Waals surface area contributed by atoms with Crippen molar-refractivity contribution in [1.29, 1.82) is 0 Å². The Hall–Kier alpha value is -1.98. The number of hydrogen-bond donors (Lipinski definition) is 1. The van der Waals surface area contributed by atoms with Crippen molar-refractivity contribution >= 4 is 5.95 Å². The molecule has 0 spiro atoms. The van der Waals surface area contributed by atoms with Crippen LogP contribution in [-0.4, -0.2) is 32.0 Å². The normalized spacial score (nSPS) is 10.5. The van der Waals surface area contributed by atoms with Crippen molar-refractivity contribution in [3.63, 3.8) is 0 Å². The Balaban J connectivity index is 2.58. The topological polar surface area (TPSA) is 68.5 Å². The van der Waals surface area contributed by atoms with Crippen molar-refractivity contribution < 1.29 is 0 Å². The summed E-state index contributed by atoms with van der Waals surface area (Å²) in [5.74, 6) is 1.52. The Labute approximate surface area is 93.7 Å². The number of aromatic nitrogens is 5. The maximum atomic E-state index is 4.14. The number of nitrogens with one attached hydrogen (secondary N) is 1. The zero-order chi connectivity index (χ0) is 11.7. The molecule has 6 nitrogen and oxygen atoms in total. The second kappa shape index (κ2) is 3.88. The van der Waals surface area contributed by atoms with Gasteiger partial charge in [0.05, 0.1) is 11.4 Å². The first kappa shape index (κ1) is 10.5. The molecule has 0 fully saturated rings. The van der Waals surface area contributed by atoms with Gasteiger partial charge in [0.1, 0.15) is 0 Å². The van der Waals surface area contributed by atoms with Crippen molar-refractivity contribution in [1.82, 2.24) is 25.0 Å². The first-order valence-corrected chi connectivity index (χ1v) is 5.02. The van der Waals surface area contributed by atoms with Gasteiger partial charge in [-0.05, 0) is 19.9 Å². The van der Waals surface area contributed by atoms with Crippen LogP contribution in [0.1, 0.15) is 11.4 Å². The molecule has 0 amide bonds. The molecule has 1 N–H and O–H groups in total. The average Bonchev–Trinajstić information content (AvgIpc) is 2.63. The van der Waals surface area contributed by atoms with E-state index in [0.717, 1.165) is 28.7 Å². The minimum atomic E-state index is 0.726. The molecule has 0 bridgehead atoms. The van der Waals surface area contributed by atoms with E-state index in [4.69, 9.17) is 0 Å². The van der Waals surface area contributed by atoms with Gasteiger partial charge in [-0.25, -0.2) is 0 Å². The van der Waals surface area contributed by atoms with Crippen molar-refractivity contribution in [3.8, 4) is 11.4 Å². The molecule has 0 aromatic carbocycles. The summed E-state index contributed by atoms with van der Waals surface area (Å²) in [7, 11) is 3.73. The van der Waals surface area contributed by atoms with Crippen molar-refractivity contribution in [3.05, 3.63) is 17.5 Å². The van der Waals surface area contributed by atoms with E-state index in [1.807, 2.05) is 38.6 Å². The van der Waals surface area contributed by atoms with Crippen LogP contribution in [0.25, 0.3) is 11.4 Å². The molecular weight excluding hydrogens is 204 g/mol. The smallest absolute Gasteiger partial charge is 0.224 e. The van der Waals surface area contributed by atoms with Crippen LogP contribution >= 0.6 is 0 Å². The van der Waals surface area contributed by atoms with E-state index >= 15 is 0 Å². The highest BCUT2D eigenvalue weighted by molar-refractivity contribution is 5.59.